The summed E-state index contributed by atoms with van der Waals surface area (Å²) in [5.74, 6) is 2.89. The van der Waals surface area contributed by atoms with Gasteiger partial charge in [0.05, 0.1) is 0 Å². The average molecular weight is 122 g/mol. The van der Waals surface area contributed by atoms with Crippen LogP contribution in [-0.4, -0.2) is 11.8 Å². The van der Waals surface area contributed by atoms with Crippen molar-refractivity contribution in [2.24, 2.45) is 10.7 Å². The maximum Gasteiger partial charge on any atom is 0.0444 e. The first kappa shape index (κ1) is 6.31. The Morgan fingerprint density at radius 3 is 3.33 bits per heavy atom. The molecule has 1 atom stereocenters. The Labute approximate surface area is 55.2 Å². The highest BCUT2D eigenvalue weighted by atomic mass is 14.8. The van der Waals surface area contributed by atoms with Crippen LogP contribution in [0, 0.1) is 12.0 Å². The van der Waals surface area contributed by atoms with Crippen LogP contribution in [0.3, 0.4) is 0 Å². The van der Waals surface area contributed by atoms with Crippen LogP contribution in [0.1, 0.15) is 19.8 Å². The van der Waals surface area contributed by atoms with Gasteiger partial charge in [-0.2, -0.15) is 0 Å². The lowest BCUT2D eigenvalue weighted by molar-refractivity contribution is 0.777. The third-order valence-electron chi connectivity index (χ3n) is 1.43. The van der Waals surface area contributed by atoms with E-state index < -0.39 is 0 Å². The summed E-state index contributed by atoms with van der Waals surface area (Å²) in [5.41, 5.74) is 6.63. The molecule has 0 fully saturated rings. The normalized spacial score (nSPS) is 25.6. The van der Waals surface area contributed by atoms with E-state index in [4.69, 9.17) is 5.73 Å². The monoisotopic (exact) mass is 122 g/mol. The quantitative estimate of drug-likeness (QED) is 0.467. The highest BCUT2D eigenvalue weighted by molar-refractivity contribution is 5.88. The van der Waals surface area contributed by atoms with E-state index in [0.29, 0.717) is 0 Å². The van der Waals surface area contributed by atoms with Gasteiger partial charge in [-0.1, -0.05) is 5.92 Å². The summed E-state index contributed by atoms with van der Waals surface area (Å²) in [5, 5.41) is 0. The van der Waals surface area contributed by atoms with Crippen molar-refractivity contribution in [3.8, 4) is 12.0 Å². The maximum atomic E-state index is 5.67. The minimum atomic E-state index is 0.118. The van der Waals surface area contributed by atoms with Crippen LogP contribution in [-0.2, 0) is 0 Å². The lowest BCUT2D eigenvalue weighted by atomic mass is 10.1. The molecule has 0 bridgehead atoms. The molecule has 0 aromatic carbocycles. The molecule has 0 amide bonds. The molecule has 2 N–H and O–H groups in total. The molecule has 0 aliphatic carbocycles. The molecular formula is C7H10N2. The minimum absolute atomic E-state index is 0.118. The van der Waals surface area contributed by atoms with Gasteiger partial charge in [-0.05, 0) is 13.3 Å². The third-order valence-corrected chi connectivity index (χ3v) is 1.43. The van der Waals surface area contributed by atoms with Gasteiger partial charge < -0.3 is 5.73 Å². The van der Waals surface area contributed by atoms with Gasteiger partial charge >= 0.3 is 0 Å². The van der Waals surface area contributed by atoms with Gasteiger partial charge in [-0.15, -0.1) is 0 Å². The standard InChI is InChI=1S/C7H10N2/c1-6-7(8)4-2-3-5-9-6/h7H,2,4,8H2,1H3. The Kier molecular flexibility index (Phi) is 1.86. The van der Waals surface area contributed by atoms with Gasteiger partial charge in [-0.25, -0.2) is 4.99 Å². The van der Waals surface area contributed by atoms with Gasteiger partial charge in [0.15, 0.2) is 0 Å². The first-order valence-corrected chi connectivity index (χ1v) is 3.08. The number of nitrogens with zero attached hydrogens (tertiary/aromatic N) is 1. The van der Waals surface area contributed by atoms with Crippen LogP contribution in [0.25, 0.3) is 0 Å². The number of hydrogen-bond acceptors (Lipinski definition) is 2. The SMILES string of the molecule is CC1=NC#CCCC1N. The Hall–Kier alpha value is -0.810. The molecule has 48 valence electrons. The van der Waals surface area contributed by atoms with E-state index in [0.717, 1.165) is 18.6 Å². The van der Waals surface area contributed by atoms with Crippen molar-refractivity contribution in [2.75, 3.05) is 0 Å². The zero-order chi connectivity index (χ0) is 6.69. The molecule has 0 aromatic heterocycles. The lowest BCUT2D eigenvalue weighted by Gasteiger charge is -2.04. The van der Waals surface area contributed by atoms with Crippen LogP contribution < -0.4 is 5.73 Å². The van der Waals surface area contributed by atoms with Crippen molar-refractivity contribution in [1.29, 1.82) is 0 Å². The highest BCUT2D eigenvalue weighted by Gasteiger charge is 2.05. The van der Waals surface area contributed by atoms with Crippen LogP contribution in [0.2, 0.25) is 0 Å². The van der Waals surface area contributed by atoms with Crippen molar-refractivity contribution >= 4 is 5.71 Å². The molecule has 2 heteroatoms. The molecule has 1 aliphatic rings. The second-order valence-corrected chi connectivity index (χ2v) is 2.19. The highest BCUT2D eigenvalue weighted by Crippen LogP contribution is 1.98. The number of rotatable bonds is 0. The van der Waals surface area contributed by atoms with Gasteiger partial charge in [0, 0.05) is 24.2 Å². The molecule has 0 radical (unpaired) electrons. The Balaban J connectivity index is 2.70. The smallest absolute Gasteiger partial charge is 0.0444 e. The molecule has 1 heterocycles. The fraction of sp³-hybridized carbons (Fsp3) is 0.571. The maximum absolute atomic E-state index is 5.67. The first-order chi connectivity index (χ1) is 4.30. The predicted molar refractivity (Wildman–Crippen MR) is 38.1 cm³/mol. The predicted octanol–water partition coefficient (Wildman–Crippen LogP) is 0.529. The van der Waals surface area contributed by atoms with Crippen molar-refractivity contribution in [2.45, 2.75) is 25.8 Å². The van der Waals surface area contributed by atoms with Gasteiger partial charge in [0.2, 0.25) is 0 Å². The molecule has 1 rings (SSSR count). The molecule has 2 nitrogen and oxygen atoms in total. The lowest BCUT2D eigenvalue weighted by Crippen LogP contribution is -2.27. The van der Waals surface area contributed by atoms with Crippen molar-refractivity contribution in [3.05, 3.63) is 0 Å². The molecule has 0 aromatic rings. The zero-order valence-corrected chi connectivity index (χ0v) is 5.52. The number of hydrogen-bond donors (Lipinski definition) is 1. The van der Waals surface area contributed by atoms with Gasteiger partial charge in [-0.3, -0.25) is 0 Å². The summed E-state index contributed by atoms with van der Waals surface area (Å²) < 4.78 is 0. The van der Waals surface area contributed by atoms with Crippen LogP contribution >= 0.6 is 0 Å². The fourth-order valence-corrected chi connectivity index (χ4v) is 0.703. The average Bonchev–Trinajstić information content (AvgIpc) is 1.99. The second kappa shape index (κ2) is 2.65. The van der Waals surface area contributed by atoms with Crippen molar-refractivity contribution in [3.63, 3.8) is 0 Å². The summed E-state index contributed by atoms with van der Waals surface area (Å²) in [6, 6.07) is 2.80. The molecule has 0 saturated heterocycles. The molecule has 0 spiro atoms. The molecule has 0 saturated carbocycles. The van der Waals surface area contributed by atoms with E-state index in [1.165, 1.54) is 0 Å². The number of nitrogens with two attached hydrogens (primary N) is 1. The molecule has 9 heavy (non-hydrogen) atoms. The zero-order valence-electron chi connectivity index (χ0n) is 5.52. The summed E-state index contributed by atoms with van der Waals surface area (Å²) in [6.45, 7) is 1.92. The summed E-state index contributed by atoms with van der Waals surface area (Å²) in [6.07, 6.45) is 1.82. The molecule has 1 aliphatic heterocycles. The Morgan fingerprint density at radius 2 is 2.56 bits per heavy atom. The summed E-state index contributed by atoms with van der Waals surface area (Å²) in [4.78, 5) is 3.94. The van der Waals surface area contributed by atoms with E-state index in [-0.39, 0.29) is 6.04 Å². The van der Waals surface area contributed by atoms with Crippen LogP contribution in [0.4, 0.5) is 0 Å². The van der Waals surface area contributed by atoms with Gasteiger partial charge in [0.25, 0.3) is 0 Å². The Morgan fingerprint density at radius 1 is 1.78 bits per heavy atom. The van der Waals surface area contributed by atoms with E-state index in [1.54, 1.807) is 0 Å². The summed E-state index contributed by atoms with van der Waals surface area (Å²) in [7, 11) is 0. The second-order valence-electron chi connectivity index (χ2n) is 2.19. The topological polar surface area (TPSA) is 38.4 Å². The van der Waals surface area contributed by atoms with Crippen molar-refractivity contribution < 1.29 is 0 Å². The summed E-state index contributed by atoms with van der Waals surface area (Å²) >= 11 is 0. The fourth-order valence-electron chi connectivity index (χ4n) is 0.703. The largest absolute Gasteiger partial charge is 0.323 e. The van der Waals surface area contributed by atoms with E-state index >= 15 is 0 Å². The third kappa shape index (κ3) is 1.55. The minimum Gasteiger partial charge on any atom is -0.323 e. The van der Waals surface area contributed by atoms with Crippen LogP contribution in [0.15, 0.2) is 4.99 Å². The number of aliphatic imine (C=N–C) groups is 1. The van der Waals surface area contributed by atoms with E-state index in [1.807, 2.05) is 6.92 Å². The van der Waals surface area contributed by atoms with E-state index in [2.05, 4.69) is 17.0 Å². The molecular weight excluding hydrogens is 112 g/mol. The first-order valence-electron chi connectivity index (χ1n) is 3.08. The van der Waals surface area contributed by atoms with E-state index in [9.17, 15) is 0 Å². The molecule has 1 unspecified atom stereocenters. The van der Waals surface area contributed by atoms with Crippen molar-refractivity contribution in [1.82, 2.24) is 0 Å². The Bertz CT molecular complexity index is 183. The van der Waals surface area contributed by atoms with Gasteiger partial charge in [0.1, 0.15) is 0 Å². The van der Waals surface area contributed by atoms with Crippen LogP contribution in [0.5, 0.6) is 0 Å².